The highest BCUT2D eigenvalue weighted by atomic mass is 16.5. The van der Waals surface area contributed by atoms with Crippen molar-refractivity contribution in [1.29, 1.82) is 0 Å². The molecule has 0 saturated heterocycles. The number of methoxy groups -OCH3 is 1. The largest absolute Gasteiger partial charge is 0.395 e. The molecule has 0 fully saturated rings. The number of aliphatic hydroxyl groups is 1. The maximum atomic E-state index is 9.04. The van der Waals surface area contributed by atoms with E-state index in [1.165, 1.54) is 0 Å². The van der Waals surface area contributed by atoms with Crippen LogP contribution in [0.4, 0.5) is 0 Å². The van der Waals surface area contributed by atoms with Crippen molar-refractivity contribution < 1.29 is 9.84 Å². The van der Waals surface area contributed by atoms with E-state index in [0.717, 1.165) is 12.8 Å². The molecule has 2 N–H and O–H groups in total. The molecule has 0 rings (SSSR count). The first-order valence-electron chi connectivity index (χ1n) is 5.37. The first-order valence-corrected chi connectivity index (χ1v) is 5.37. The van der Waals surface area contributed by atoms with Crippen molar-refractivity contribution in [3.05, 3.63) is 0 Å². The Balaban J connectivity index is 3.90. The van der Waals surface area contributed by atoms with Crippen LogP contribution >= 0.6 is 0 Å². The third kappa shape index (κ3) is 5.58. The van der Waals surface area contributed by atoms with E-state index in [1.807, 2.05) is 0 Å². The molecule has 0 radical (unpaired) electrons. The number of hydrogen-bond donors (Lipinski definition) is 2. The van der Waals surface area contributed by atoms with Crippen molar-refractivity contribution in [3.8, 4) is 0 Å². The molecule has 0 aliphatic heterocycles. The van der Waals surface area contributed by atoms with Gasteiger partial charge in [0.25, 0.3) is 0 Å². The Labute approximate surface area is 87.8 Å². The Hall–Kier alpha value is -0.120. The molecule has 0 saturated carbocycles. The van der Waals surface area contributed by atoms with Gasteiger partial charge in [-0.3, -0.25) is 0 Å². The molecule has 3 nitrogen and oxygen atoms in total. The molecule has 86 valence electrons. The van der Waals surface area contributed by atoms with E-state index in [1.54, 1.807) is 7.11 Å². The summed E-state index contributed by atoms with van der Waals surface area (Å²) in [5.41, 5.74) is -0.0971. The van der Waals surface area contributed by atoms with Crippen LogP contribution in [0.15, 0.2) is 0 Å². The molecule has 0 heterocycles. The van der Waals surface area contributed by atoms with Gasteiger partial charge in [0, 0.05) is 19.2 Å². The fourth-order valence-electron chi connectivity index (χ4n) is 1.58. The van der Waals surface area contributed by atoms with Gasteiger partial charge in [-0.25, -0.2) is 0 Å². The topological polar surface area (TPSA) is 41.5 Å². The molecule has 3 heteroatoms. The van der Waals surface area contributed by atoms with Crippen molar-refractivity contribution in [2.75, 3.05) is 13.7 Å². The van der Waals surface area contributed by atoms with Crippen LogP contribution in [0.2, 0.25) is 0 Å². The molecule has 0 bridgehead atoms. The van der Waals surface area contributed by atoms with Crippen molar-refractivity contribution >= 4 is 0 Å². The highest BCUT2D eigenvalue weighted by Gasteiger charge is 2.21. The zero-order valence-corrected chi connectivity index (χ0v) is 10.1. The third-order valence-corrected chi connectivity index (χ3v) is 2.58. The summed E-state index contributed by atoms with van der Waals surface area (Å²) < 4.78 is 5.35. The molecule has 0 aliphatic carbocycles. The zero-order chi connectivity index (χ0) is 11.2. The molecular weight excluding hydrogens is 178 g/mol. The van der Waals surface area contributed by atoms with E-state index in [-0.39, 0.29) is 18.2 Å². The Morgan fingerprint density at radius 1 is 1.43 bits per heavy atom. The average Bonchev–Trinajstić information content (AvgIpc) is 2.13. The molecule has 0 aliphatic rings. The fraction of sp³-hybridized carbons (Fsp3) is 1.00. The van der Waals surface area contributed by atoms with Gasteiger partial charge in [-0.05, 0) is 33.6 Å². The molecule has 0 amide bonds. The van der Waals surface area contributed by atoms with Gasteiger partial charge in [-0.2, -0.15) is 0 Å². The first-order chi connectivity index (χ1) is 6.45. The summed E-state index contributed by atoms with van der Waals surface area (Å²) in [7, 11) is 1.73. The van der Waals surface area contributed by atoms with E-state index >= 15 is 0 Å². The predicted octanol–water partition coefficient (Wildman–Crippen LogP) is 1.55. The predicted molar refractivity (Wildman–Crippen MR) is 59.5 cm³/mol. The highest BCUT2D eigenvalue weighted by Crippen LogP contribution is 2.15. The van der Waals surface area contributed by atoms with Crippen LogP contribution in [0.5, 0.6) is 0 Å². The lowest BCUT2D eigenvalue weighted by atomic mass is 9.99. The lowest BCUT2D eigenvalue weighted by Crippen LogP contribution is -2.42. The molecule has 0 aromatic rings. The second-order valence-corrected chi connectivity index (χ2v) is 4.52. The van der Waals surface area contributed by atoms with E-state index in [9.17, 15) is 0 Å². The second-order valence-electron chi connectivity index (χ2n) is 4.52. The fourth-order valence-corrected chi connectivity index (χ4v) is 1.58. The van der Waals surface area contributed by atoms with Crippen LogP contribution < -0.4 is 5.32 Å². The lowest BCUT2D eigenvalue weighted by Gasteiger charge is -2.29. The number of aliphatic hydroxyl groups excluding tert-OH is 1. The van der Waals surface area contributed by atoms with Gasteiger partial charge in [0.1, 0.15) is 0 Å². The van der Waals surface area contributed by atoms with Crippen LogP contribution in [0.1, 0.15) is 40.5 Å². The van der Waals surface area contributed by atoms with Crippen molar-refractivity contribution in [2.24, 2.45) is 0 Å². The SMILES string of the molecule is CCC(CO)NC(C)CC(C)(C)OC. The number of rotatable bonds is 7. The average molecular weight is 203 g/mol. The summed E-state index contributed by atoms with van der Waals surface area (Å²) in [6, 6.07) is 0.569. The van der Waals surface area contributed by atoms with E-state index < -0.39 is 0 Å². The normalized spacial score (nSPS) is 16.7. The zero-order valence-electron chi connectivity index (χ0n) is 10.1. The molecule has 0 spiro atoms. The van der Waals surface area contributed by atoms with Gasteiger partial charge >= 0.3 is 0 Å². The summed E-state index contributed by atoms with van der Waals surface area (Å²) in [4.78, 5) is 0. The Kier molecular flexibility index (Phi) is 6.33. The van der Waals surface area contributed by atoms with Gasteiger partial charge < -0.3 is 15.2 Å². The maximum absolute atomic E-state index is 9.04. The van der Waals surface area contributed by atoms with Crippen LogP contribution in [0, 0.1) is 0 Å². The first kappa shape index (κ1) is 13.9. The summed E-state index contributed by atoms with van der Waals surface area (Å²) in [6.45, 7) is 8.55. The van der Waals surface area contributed by atoms with Crippen molar-refractivity contribution in [2.45, 2.75) is 58.2 Å². The number of hydrogen-bond acceptors (Lipinski definition) is 3. The summed E-state index contributed by atoms with van der Waals surface area (Å²) in [6.07, 6.45) is 1.90. The van der Waals surface area contributed by atoms with Gasteiger partial charge in [-0.1, -0.05) is 6.92 Å². The lowest BCUT2D eigenvalue weighted by molar-refractivity contribution is 0.00695. The van der Waals surface area contributed by atoms with Crippen molar-refractivity contribution in [1.82, 2.24) is 5.32 Å². The summed E-state index contributed by atoms with van der Waals surface area (Å²) >= 11 is 0. The smallest absolute Gasteiger partial charge is 0.0637 e. The van der Waals surface area contributed by atoms with E-state index in [2.05, 4.69) is 33.0 Å². The maximum Gasteiger partial charge on any atom is 0.0637 e. The second kappa shape index (κ2) is 6.38. The van der Waals surface area contributed by atoms with Gasteiger partial charge in [-0.15, -0.1) is 0 Å². The Morgan fingerprint density at radius 2 is 2.00 bits per heavy atom. The molecule has 0 aromatic heterocycles. The standard InChI is InChI=1S/C11H25NO2/c1-6-10(8-13)12-9(2)7-11(3,4)14-5/h9-10,12-13H,6-8H2,1-5H3. The van der Waals surface area contributed by atoms with Gasteiger partial charge in [0.05, 0.1) is 12.2 Å². The Morgan fingerprint density at radius 3 is 2.36 bits per heavy atom. The quantitative estimate of drug-likeness (QED) is 0.659. The monoisotopic (exact) mass is 203 g/mol. The number of nitrogens with one attached hydrogen (secondary N) is 1. The minimum Gasteiger partial charge on any atom is -0.395 e. The van der Waals surface area contributed by atoms with Crippen LogP contribution in [0.3, 0.4) is 0 Å². The van der Waals surface area contributed by atoms with E-state index in [4.69, 9.17) is 9.84 Å². The summed E-state index contributed by atoms with van der Waals surface area (Å²) in [5.74, 6) is 0. The summed E-state index contributed by atoms with van der Waals surface area (Å²) in [5, 5.41) is 12.4. The molecule has 0 aromatic carbocycles. The van der Waals surface area contributed by atoms with Gasteiger partial charge in [0.2, 0.25) is 0 Å². The van der Waals surface area contributed by atoms with Crippen LogP contribution in [-0.4, -0.2) is 36.5 Å². The van der Waals surface area contributed by atoms with Crippen LogP contribution in [-0.2, 0) is 4.74 Å². The molecule has 2 atom stereocenters. The Bertz CT molecular complexity index is 144. The van der Waals surface area contributed by atoms with E-state index in [0.29, 0.717) is 6.04 Å². The minimum atomic E-state index is -0.0971. The molecular formula is C11H25NO2. The molecule has 2 unspecified atom stereocenters. The highest BCUT2D eigenvalue weighted by molar-refractivity contribution is 4.77. The van der Waals surface area contributed by atoms with Crippen molar-refractivity contribution in [3.63, 3.8) is 0 Å². The minimum absolute atomic E-state index is 0.0971. The number of ether oxygens (including phenoxy) is 1. The van der Waals surface area contributed by atoms with Gasteiger partial charge in [0.15, 0.2) is 0 Å². The molecule has 14 heavy (non-hydrogen) atoms. The third-order valence-electron chi connectivity index (χ3n) is 2.58. The van der Waals surface area contributed by atoms with Crippen LogP contribution in [0.25, 0.3) is 0 Å².